The summed E-state index contributed by atoms with van der Waals surface area (Å²) in [4.78, 5) is 41.6. The second-order valence-corrected chi connectivity index (χ2v) is 9.36. The monoisotopic (exact) mass is 509 g/mol. The van der Waals surface area contributed by atoms with E-state index in [1.54, 1.807) is 6.92 Å². The van der Waals surface area contributed by atoms with Crippen molar-refractivity contribution >= 4 is 23.7 Å². The molecule has 0 saturated heterocycles. The molecular formula is C29H39N3O5. The molecule has 3 rings (SSSR count). The number of ether oxygens (including phenoxy) is 2. The standard InChI is InChI=1S/C29H39N3O5/c1-2-36-27(33)20-23-13-15-25(16-14-23)30-17-18-31-28(34)26(19-22-9-5-3-6-10-22)32-29(35)37-21-24-11-7-4-8-12-24/h4-5,7,9-11,13,15,23,26H,2-3,6,8,12,14,16-21H2,1H3,(H,31,34)(H,32,35). The molecule has 2 unspecified atom stereocenters. The Morgan fingerprint density at radius 2 is 2.00 bits per heavy atom. The van der Waals surface area contributed by atoms with E-state index in [4.69, 9.17) is 9.47 Å². The van der Waals surface area contributed by atoms with Crippen molar-refractivity contribution in [3.05, 3.63) is 59.8 Å². The molecule has 0 spiro atoms. The Balaban J connectivity index is 1.46. The minimum absolute atomic E-state index is 0.171. The van der Waals surface area contributed by atoms with E-state index >= 15 is 0 Å². The van der Waals surface area contributed by atoms with Crippen LogP contribution in [-0.2, 0) is 19.1 Å². The lowest BCUT2D eigenvalue weighted by molar-refractivity contribution is -0.143. The quantitative estimate of drug-likeness (QED) is 0.298. The minimum atomic E-state index is -0.729. The second-order valence-electron chi connectivity index (χ2n) is 9.36. The molecule has 200 valence electrons. The highest BCUT2D eigenvalue weighted by Crippen LogP contribution is 2.20. The number of carbonyl (C=O) groups excluding carboxylic acids is 3. The topological polar surface area (TPSA) is 106 Å². The van der Waals surface area contributed by atoms with Gasteiger partial charge in [0, 0.05) is 18.7 Å². The number of amides is 2. The molecule has 2 atom stereocenters. The number of nitrogens with one attached hydrogen (secondary N) is 2. The van der Waals surface area contributed by atoms with Crippen LogP contribution < -0.4 is 10.6 Å². The van der Waals surface area contributed by atoms with Crippen LogP contribution in [0.3, 0.4) is 0 Å². The molecule has 0 radical (unpaired) electrons. The smallest absolute Gasteiger partial charge is 0.408 e. The van der Waals surface area contributed by atoms with Crippen molar-refractivity contribution in [3.8, 4) is 0 Å². The maximum Gasteiger partial charge on any atom is 0.408 e. The van der Waals surface area contributed by atoms with Crippen LogP contribution in [0.2, 0.25) is 0 Å². The van der Waals surface area contributed by atoms with Gasteiger partial charge in [-0.15, -0.1) is 0 Å². The van der Waals surface area contributed by atoms with Crippen LogP contribution >= 0.6 is 0 Å². The second kappa shape index (κ2) is 15.6. The summed E-state index contributed by atoms with van der Waals surface area (Å²) in [6.07, 6.45) is 21.7. The fourth-order valence-corrected chi connectivity index (χ4v) is 4.38. The summed E-state index contributed by atoms with van der Waals surface area (Å²) >= 11 is 0. The average Bonchev–Trinajstić information content (AvgIpc) is 2.91. The van der Waals surface area contributed by atoms with Crippen LogP contribution in [0.15, 0.2) is 64.7 Å². The zero-order valence-corrected chi connectivity index (χ0v) is 21.7. The van der Waals surface area contributed by atoms with Gasteiger partial charge in [0.2, 0.25) is 5.91 Å². The molecule has 3 aliphatic rings. The van der Waals surface area contributed by atoms with Crippen LogP contribution in [0, 0.1) is 5.92 Å². The molecule has 0 aromatic rings. The lowest BCUT2D eigenvalue weighted by Crippen LogP contribution is -2.47. The summed E-state index contributed by atoms with van der Waals surface area (Å²) in [5, 5.41) is 5.64. The lowest BCUT2D eigenvalue weighted by atomic mass is 9.92. The number of hydrogen-bond acceptors (Lipinski definition) is 6. The third kappa shape index (κ3) is 10.6. The van der Waals surface area contributed by atoms with Gasteiger partial charge in [-0.05, 0) is 68.6 Å². The highest BCUT2D eigenvalue weighted by Gasteiger charge is 2.23. The fourth-order valence-electron chi connectivity index (χ4n) is 4.38. The molecule has 0 saturated carbocycles. The first-order valence-corrected chi connectivity index (χ1v) is 13.3. The zero-order valence-electron chi connectivity index (χ0n) is 21.7. The van der Waals surface area contributed by atoms with E-state index in [0.29, 0.717) is 32.5 Å². The summed E-state index contributed by atoms with van der Waals surface area (Å²) in [5.74, 6) is -0.251. The molecule has 0 heterocycles. The van der Waals surface area contributed by atoms with Crippen molar-refractivity contribution in [2.45, 2.75) is 64.3 Å². The molecule has 0 bridgehead atoms. The van der Waals surface area contributed by atoms with Gasteiger partial charge in [-0.3, -0.25) is 14.6 Å². The molecule has 0 fully saturated rings. The predicted octanol–water partition coefficient (Wildman–Crippen LogP) is 4.50. The van der Waals surface area contributed by atoms with E-state index in [2.05, 4.69) is 33.9 Å². The Morgan fingerprint density at radius 1 is 1.11 bits per heavy atom. The fraction of sp³-hybridized carbons (Fsp3) is 0.517. The normalized spacial score (nSPS) is 20.6. The molecule has 3 aliphatic carbocycles. The Labute approximate surface area is 219 Å². The Kier molecular flexibility index (Phi) is 11.9. The summed E-state index contributed by atoms with van der Waals surface area (Å²) in [6, 6.07) is -0.729. The highest BCUT2D eigenvalue weighted by atomic mass is 16.5. The number of alkyl carbamates (subject to hydrolysis) is 1. The number of esters is 1. The molecule has 2 N–H and O–H groups in total. The van der Waals surface area contributed by atoms with Gasteiger partial charge in [-0.25, -0.2) is 4.79 Å². The largest absolute Gasteiger partial charge is 0.466 e. The van der Waals surface area contributed by atoms with Crippen molar-refractivity contribution in [1.29, 1.82) is 0 Å². The predicted molar refractivity (Wildman–Crippen MR) is 144 cm³/mol. The molecule has 8 nitrogen and oxygen atoms in total. The van der Waals surface area contributed by atoms with Crippen molar-refractivity contribution in [3.63, 3.8) is 0 Å². The van der Waals surface area contributed by atoms with Gasteiger partial charge in [0.25, 0.3) is 0 Å². The van der Waals surface area contributed by atoms with Gasteiger partial charge in [0.1, 0.15) is 12.6 Å². The maximum atomic E-state index is 12.9. The summed E-state index contributed by atoms with van der Waals surface area (Å²) in [5.41, 5.74) is 3.04. The Bertz CT molecular complexity index is 990. The molecule has 0 aromatic heterocycles. The van der Waals surface area contributed by atoms with E-state index < -0.39 is 12.1 Å². The first-order chi connectivity index (χ1) is 18.0. The number of hydrogen-bond donors (Lipinski definition) is 2. The molecule has 2 amide bonds. The van der Waals surface area contributed by atoms with Gasteiger partial charge in [-0.2, -0.15) is 0 Å². The highest BCUT2D eigenvalue weighted by molar-refractivity contribution is 5.95. The van der Waals surface area contributed by atoms with Gasteiger partial charge in [-0.1, -0.05) is 42.5 Å². The lowest BCUT2D eigenvalue weighted by Gasteiger charge is -2.20. The van der Waals surface area contributed by atoms with Crippen LogP contribution in [0.4, 0.5) is 4.79 Å². The Hall–Kier alpha value is -3.42. The van der Waals surface area contributed by atoms with Crippen LogP contribution in [0.25, 0.3) is 0 Å². The summed E-state index contributed by atoms with van der Waals surface area (Å²) < 4.78 is 10.4. The number of carbonyl (C=O) groups is 3. The molecule has 37 heavy (non-hydrogen) atoms. The van der Waals surface area contributed by atoms with Crippen LogP contribution in [0.1, 0.15) is 58.3 Å². The minimum Gasteiger partial charge on any atom is -0.466 e. The SMILES string of the molecule is CCOC(=O)CC1C=CC(=NCCNC(=O)C(CC2=CCCC=C2)NC(=O)OCC2=CC=CCC2)CC1. The van der Waals surface area contributed by atoms with Crippen LogP contribution in [0.5, 0.6) is 0 Å². The van der Waals surface area contributed by atoms with E-state index in [9.17, 15) is 14.4 Å². The van der Waals surface area contributed by atoms with E-state index in [1.807, 2.05) is 30.4 Å². The van der Waals surface area contributed by atoms with Gasteiger partial charge in [0.15, 0.2) is 0 Å². The van der Waals surface area contributed by atoms with Gasteiger partial charge in [0.05, 0.1) is 19.6 Å². The first-order valence-electron chi connectivity index (χ1n) is 13.3. The molecule has 0 aromatic carbocycles. The first kappa shape index (κ1) is 28.2. The number of rotatable bonds is 12. The number of nitrogens with zero attached hydrogens (tertiary/aromatic N) is 1. The number of allylic oxidation sites excluding steroid dienone is 8. The third-order valence-corrected chi connectivity index (χ3v) is 6.40. The van der Waals surface area contributed by atoms with Gasteiger partial charge < -0.3 is 20.1 Å². The number of aliphatic imine (C=N–C) groups is 1. The third-order valence-electron chi connectivity index (χ3n) is 6.40. The zero-order chi connectivity index (χ0) is 26.3. The van der Waals surface area contributed by atoms with E-state index in [-0.39, 0.29) is 24.4 Å². The average molecular weight is 510 g/mol. The molecule has 0 aliphatic heterocycles. The van der Waals surface area contributed by atoms with Crippen molar-refractivity contribution < 1.29 is 23.9 Å². The van der Waals surface area contributed by atoms with Crippen LogP contribution in [-0.4, -0.2) is 56.0 Å². The van der Waals surface area contributed by atoms with Crippen molar-refractivity contribution in [1.82, 2.24) is 10.6 Å². The van der Waals surface area contributed by atoms with Crippen molar-refractivity contribution in [2.24, 2.45) is 10.9 Å². The molecular weight excluding hydrogens is 470 g/mol. The maximum absolute atomic E-state index is 12.9. The van der Waals surface area contributed by atoms with Gasteiger partial charge >= 0.3 is 12.1 Å². The Morgan fingerprint density at radius 3 is 2.70 bits per heavy atom. The summed E-state index contributed by atoms with van der Waals surface area (Å²) in [6.45, 7) is 3.23. The summed E-state index contributed by atoms with van der Waals surface area (Å²) in [7, 11) is 0. The van der Waals surface area contributed by atoms with E-state index in [0.717, 1.165) is 55.4 Å². The van der Waals surface area contributed by atoms with E-state index in [1.165, 1.54) is 0 Å². The van der Waals surface area contributed by atoms with Crippen molar-refractivity contribution in [2.75, 3.05) is 26.3 Å². The molecule has 8 heteroatoms.